The van der Waals surface area contributed by atoms with Crippen molar-refractivity contribution in [3.63, 3.8) is 0 Å². The fourth-order valence-corrected chi connectivity index (χ4v) is 1.13. The first kappa shape index (κ1) is 10.9. The molecular formula is C7H6F2O4S. The molecule has 0 aliphatic rings. The largest absolute Gasteiger partial charge is 0.448 e. The molecule has 7 heteroatoms. The van der Waals surface area contributed by atoms with Gasteiger partial charge in [0.15, 0.2) is 5.75 Å². The summed E-state index contributed by atoms with van der Waals surface area (Å²) in [6.45, 7) is 0. The van der Waals surface area contributed by atoms with E-state index in [0.29, 0.717) is 6.07 Å². The number of hydrogen-bond donors (Lipinski definition) is 0. The number of rotatable bonds is 3. The van der Waals surface area contributed by atoms with Crippen LogP contribution in [-0.4, -0.2) is 15.5 Å². The highest BCUT2D eigenvalue weighted by Gasteiger charge is 2.12. The van der Waals surface area contributed by atoms with Crippen molar-refractivity contribution in [3.8, 4) is 5.75 Å². The van der Waals surface area contributed by atoms with Gasteiger partial charge in [0.05, 0.1) is 7.11 Å². The van der Waals surface area contributed by atoms with Gasteiger partial charge < -0.3 is 4.18 Å². The van der Waals surface area contributed by atoms with Crippen LogP contribution >= 0.6 is 0 Å². The Morgan fingerprint density at radius 2 is 1.64 bits per heavy atom. The Kier molecular flexibility index (Phi) is 3.02. The SMILES string of the molecule is COS(=O)(=O)Oc1cc(F)cc(F)c1. The first-order valence-corrected chi connectivity index (χ1v) is 4.72. The Bertz CT molecular complexity index is 409. The molecule has 1 aromatic carbocycles. The maximum absolute atomic E-state index is 12.6. The van der Waals surface area contributed by atoms with Crippen LogP contribution in [0.1, 0.15) is 0 Å². The van der Waals surface area contributed by atoms with Crippen molar-refractivity contribution in [2.45, 2.75) is 0 Å². The minimum absolute atomic E-state index is 0.482. The molecule has 0 saturated carbocycles. The second kappa shape index (κ2) is 3.89. The van der Waals surface area contributed by atoms with Crippen LogP contribution in [0, 0.1) is 11.6 Å². The van der Waals surface area contributed by atoms with Gasteiger partial charge in [-0.2, -0.15) is 8.42 Å². The summed E-state index contributed by atoms with van der Waals surface area (Å²) in [7, 11) is -3.37. The normalized spacial score (nSPS) is 11.4. The van der Waals surface area contributed by atoms with E-state index >= 15 is 0 Å². The Morgan fingerprint density at radius 3 is 2.07 bits per heavy atom. The van der Waals surface area contributed by atoms with Crippen molar-refractivity contribution in [2.24, 2.45) is 0 Å². The summed E-state index contributed by atoms with van der Waals surface area (Å²) in [4.78, 5) is 0. The topological polar surface area (TPSA) is 52.6 Å². The molecule has 0 aliphatic heterocycles. The van der Waals surface area contributed by atoms with E-state index in [1.165, 1.54) is 0 Å². The third kappa shape index (κ3) is 2.93. The first-order chi connectivity index (χ1) is 6.43. The van der Waals surface area contributed by atoms with Gasteiger partial charge in [0.2, 0.25) is 0 Å². The van der Waals surface area contributed by atoms with Crippen molar-refractivity contribution in [2.75, 3.05) is 7.11 Å². The molecule has 0 heterocycles. The maximum atomic E-state index is 12.6. The van der Waals surface area contributed by atoms with E-state index in [4.69, 9.17) is 0 Å². The van der Waals surface area contributed by atoms with Crippen LogP contribution in [0.15, 0.2) is 18.2 Å². The summed E-state index contributed by atoms with van der Waals surface area (Å²) < 4.78 is 54.6. The second-order valence-corrected chi connectivity index (χ2v) is 3.58. The summed E-state index contributed by atoms with van der Waals surface area (Å²) in [6.07, 6.45) is 0. The minimum atomic E-state index is -4.24. The zero-order chi connectivity index (χ0) is 10.8. The summed E-state index contributed by atoms with van der Waals surface area (Å²) in [5, 5.41) is 0. The summed E-state index contributed by atoms with van der Waals surface area (Å²) >= 11 is 0. The first-order valence-electron chi connectivity index (χ1n) is 3.39. The highest BCUT2D eigenvalue weighted by atomic mass is 32.3. The number of hydrogen-bond acceptors (Lipinski definition) is 4. The van der Waals surface area contributed by atoms with E-state index in [1.807, 2.05) is 0 Å². The lowest BCUT2D eigenvalue weighted by molar-refractivity contribution is 0.329. The minimum Gasteiger partial charge on any atom is -0.361 e. The van der Waals surface area contributed by atoms with Crippen molar-refractivity contribution < 1.29 is 25.6 Å². The predicted octanol–water partition coefficient (Wildman–Crippen LogP) is 1.23. The van der Waals surface area contributed by atoms with Crippen LogP contribution in [0.3, 0.4) is 0 Å². The quantitative estimate of drug-likeness (QED) is 0.775. The van der Waals surface area contributed by atoms with Crippen LogP contribution in [0.4, 0.5) is 8.78 Å². The third-order valence-corrected chi connectivity index (χ3v) is 2.04. The van der Waals surface area contributed by atoms with E-state index in [9.17, 15) is 17.2 Å². The molecule has 0 spiro atoms. The van der Waals surface area contributed by atoms with Gasteiger partial charge in [-0.25, -0.2) is 13.0 Å². The lowest BCUT2D eigenvalue weighted by atomic mass is 10.3. The van der Waals surface area contributed by atoms with Gasteiger partial charge in [-0.1, -0.05) is 0 Å². The van der Waals surface area contributed by atoms with Crippen LogP contribution in [0.5, 0.6) is 5.75 Å². The van der Waals surface area contributed by atoms with Gasteiger partial charge in [-0.3, -0.25) is 0 Å². The van der Waals surface area contributed by atoms with Crippen molar-refractivity contribution in [3.05, 3.63) is 29.8 Å². The fourth-order valence-electron chi connectivity index (χ4n) is 0.729. The molecule has 0 amide bonds. The molecule has 4 nitrogen and oxygen atoms in total. The van der Waals surface area contributed by atoms with Gasteiger partial charge in [-0.15, -0.1) is 0 Å². The molecule has 0 saturated heterocycles. The lowest BCUT2D eigenvalue weighted by Gasteiger charge is -2.03. The molecule has 1 rings (SSSR count). The Hall–Kier alpha value is -1.21. The van der Waals surface area contributed by atoms with Crippen LogP contribution in [-0.2, 0) is 14.6 Å². The van der Waals surface area contributed by atoms with Crippen LogP contribution < -0.4 is 4.18 Å². The van der Waals surface area contributed by atoms with E-state index in [1.54, 1.807) is 0 Å². The van der Waals surface area contributed by atoms with Crippen molar-refractivity contribution >= 4 is 10.4 Å². The van der Waals surface area contributed by atoms with Gasteiger partial charge in [-0.05, 0) is 0 Å². The molecule has 0 unspecified atom stereocenters. The zero-order valence-electron chi connectivity index (χ0n) is 7.03. The molecular weight excluding hydrogens is 218 g/mol. The van der Waals surface area contributed by atoms with E-state index in [-0.39, 0.29) is 0 Å². The van der Waals surface area contributed by atoms with E-state index in [0.717, 1.165) is 19.2 Å². The summed E-state index contributed by atoms with van der Waals surface area (Å²) in [5.74, 6) is -2.36. The molecule has 0 fully saturated rings. The summed E-state index contributed by atoms with van der Waals surface area (Å²) in [6, 6.07) is 2.03. The van der Waals surface area contributed by atoms with Gasteiger partial charge in [0.25, 0.3) is 0 Å². The van der Waals surface area contributed by atoms with Crippen LogP contribution in [0.25, 0.3) is 0 Å². The Labute approximate surface area is 79.4 Å². The van der Waals surface area contributed by atoms with Crippen LogP contribution in [0.2, 0.25) is 0 Å². The molecule has 0 aliphatic carbocycles. The molecule has 0 radical (unpaired) electrons. The second-order valence-electron chi connectivity index (χ2n) is 2.26. The maximum Gasteiger partial charge on any atom is 0.448 e. The van der Waals surface area contributed by atoms with E-state index < -0.39 is 27.8 Å². The predicted molar refractivity (Wildman–Crippen MR) is 42.9 cm³/mol. The molecule has 1 aromatic rings. The average molecular weight is 224 g/mol. The van der Waals surface area contributed by atoms with Crippen molar-refractivity contribution in [1.29, 1.82) is 0 Å². The van der Waals surface area contributed by atoms with Gasteiger partial charge in [0, 0.05) is 18.2 Å². The highest BCUT2D eigenvalue weighted by molar-refractivity contribution is 7.82. The monoisotopic (exact) mass is 224 g/mol. The number of halogens is 2. The van der Waals surface area contributed by atoms with E-state index in [2.05, 4.69) is 8.37 Å². The highest BCUT2D eigenvalue weighted by Crippen LogP contribution is 2.17. The zero-order valence-corrected chi connectivity index (χ0v) is 7.85. The van der Waals surface area contributed by atoms with Crippen molar-refractivity contribution in [1.82, 2.24) is 0 Å². The Balaban J connectivity index is 2.98. The molecule has 14 heavy (non-hydrogen) atoms. The van der Waals surface area contributed by atoms with Gasteiger partial charge in [0.1, 0.15) is 11.6 Å². The molecule has 0 N–H and O–H groups in total. The molecule has 78 valence electrons. The average Bonchev–Trinajstić information content (AvgIpc) is 2.01. The fraction of sp³-hybridized carbons (Fsp3) is 0.143. The van der Waals surface area contributed by atoms with Gasteiger partial charge >= 0.3 is 10.4 Å². The lowest BCUT2D eigenvalue weighted by Crippen LogP contribution is -2.10. The molecule has 0 bridgehead atoms. The number of benzene rings is 1. The smallest absolute Gasteiger partial charge is 0.361 e. The molecule has 0 aromatic heterocycles. The standard InChI is InChI=1S/C7H6F2O4S/c1-12-14(10,11)13-7-3-5(8)2-6(9)4-7/h2-4H,1H3. The molecule has 0 atom stereocenters. The third-order valence-electron chi connectivity index (χ3n) is 1.24. The Morgan fingerprint density at radius 1 is 1.14 bits per heavy atom. The summed E-state index contributed by atoms with van der Waals surface area (Å²) in [5.41, 5.74) is 0.